The third-order valence-corrected chi connectivity index (χ3v) is 3.35. The van der Waals surface area contributed by atoms with E-state index in [9.17, 15) is 4.79 Å². The third-order valence-electron chi connectivity index (χ3n) is 3.35. The number of carbonyl (C=O) groups is 1. The molecule has 0 bridgehead atoms. The average molecular weight is 334 g/mol. The predicted octanol–water partition coefficient (Wildman–Crippen LogP) is 1.81. The topological polar surface area (TPSA) is 86.6 Å². The van der Waals surface area contributed by atoms with Crippen LogP contribution in [0.25, 0.3) is 0 Å². The van der Waals surface area contributed by atoms with Crippen LogP contribution in [0.2, 0.25) is 0 Å². The minimum absolute atomic E-state index is 0.319. The number of imidazole rings is 1. The minimum Gasteiger partial charge on any atom is -0.493 e. The van der Waals surface area contributed by atoms with E-state index < -0.39 is 0 Å². The zero-order chi connectivity index (χ0) is 17.5. The van der Waals surface area contributed by atoms with Crippen molar-refractivity contribution in [2.24, 2.45) is 7.05 Å². The van der Waals surface area contributed by atoms with Gasteiger partial charge in [-0.05, 0) is 0 Å². The molecule has 2 rings (SSSR count). The molecule has 0 aliphatic rings. The zero-order valence-corrected chi connectivity index (χ0v) is 14.3. The number of urea groups is 1. The molecule has 0 radical (unpaired) electrons. The van der Waals surface area contributed by atoms with E-state index >= 15 is 0 Å². The monoisotopic (exact) mass is 334 g/mol. The number of nitrogens with zero attached hydrogens (tertiary/aromatic N) is 2. The number of aryl methyl sites for hydroxylation is 1. The van der Waals surface area contributed by atoms with E-state index in [1.165, 1.54) is 21.3 Å². The van der Waals surface area contributed by atoms with Gasteiger partial charge in [0.15, 0.2) is 11.5 Å². The second-order valence-corrected chi connectivity index (χ2v) is 5.08. The van der Waals surface area contributed by atoms with Crippen LogP contribution in [0.1, 0.15) is 5.69 Å². The van der Waals surface area contributed by atoms with Gasteiger partial charge in [-0.25, -0.2) is 9.78 Å². The lowest BCUT2D eigenvalue weighted by molar-refractivity contribution is 0.252. The Kier molecular flexibility index (Phi) is 5.89. The summed E-state index contributed by atoms with van der Waals surface area (Å²) in [6.07, 6.45) is 4.30. The highest BCUT2D eigenvalue weighted by atomic mass is 16.5. The summed E-state index contributed by atoms with van der Waals surface area (Å²) < 4.78 is 17.6. The molecule has 0 aliphatic heterocycles. The van der Waals surface area contributed by atoms with Gasteiger partial charge in [0.2, 0.25) is 5.75 Å². The van der Waals surface area contributed by atoms with Crippen molar-refractivity contribution in [1.82, 2.24) is 14.9 Å². The lowest BCUT2D eigenvalue weighted by Crippen LogP contribution is -2.30. The van der Waals surface area contributed by atoms with E-state index in [4.69, 9.17) is 14.2 Å². The van der Waals surface area contributed by atoms with Crippen LogP contribution >= 0.6 is 0 Å². The number of carbonyl (C=O) groups excluding carboxylic acids is 1. The molecular formula is C16H22N4O4. The molecule has 24 heavy (non-hydrogen) atoms. The highest BCUT2D eigenvalue weighted by Gasteiger charge is 2.14. The molecule has 0 atom stereocenters. The Labute approximate surface area is 140 Å². The summed E-state index contributed by atoms with van der Waals surface area (Å²) in [6, 6.07) is 3.01. The Balaban J connectivity index is 1.95. The number of methoxy groups -OCH3 is 3. The standard InChI is InChI=1S/C16H22N4O4/c1-20-9-11(18-10-20)5-6-17-16(21)19-12-7-13(22-2)15(24-4)14(8-12)23-3/h7-10H,5-6H2,1-4H3,(H2,17,19,21). The number of nitrogens with one attached hydrogen (secondary N) is 2. The molecule has 2 amide bonds. The largest absolute Gasteiger partial charge is 0.493 e. The summed E-state index contributed by atoms with van der Waals surface area (Å²) in [7, 11) is 6.47. The Hall–Kier alpha value is -2.90. The van der Waals surface area contributed by atoms with Gasteiger partial charge in [-0.1, -0.05) is 0 Å². The van der Waals surface area contributed by atoms with E-state index in [1.54, 1.807) is 18.5 Å². The fourth-order valence-corrected chi connectivity index (χ4v) is 2.23. The van der Waals surface area contributed by atoms with Gasteiger partial charge in [-0.3, -0.25) is 0 Å². The SMILES string of the molecule is COc1cc(NC(=O)NCCc2cn(C)cn2)cc(OC)c1OC. The van der Waals surface area contributed by atoms with Crippen molar-refractivity contribution in [2.75, 3.05) is 33.2 Å². The minimum atomic E-state index is -0.319. The molecule has 8 heteroatoms. The fourth-order valence-electron chi connectivity index (χ4n) is 2.23. The fraction of sp³-hybridized carbons (Fsp3) is 0.375. The average Bonchev–Trinajstić information content (AvgIpc) is 2.99. The van der Waals surface area contributed by atoms with Crippen molar-refractivity contribution in [2.45, 2.75) is 6.42 Å². The molecule has 130 valence electrons. The number of hydrogen-bond donors (Lipinski definition) is 2. The molecule has 0 fully saturated rings. The number of anilines is 1. The normalized spacial score (nSPS) is 10.2. The maximum atomic E-state index is 12.0. The number of ether oxygens (including phenoxy) is 3. The molecule has 2 N–H and O–H groups in total. The Morgan fingerprint density at radius 2 is 1.83 bits per heavy atom. The molecule has 0 saturated carbocycles. The first-order valence-electron chi connectivity index (χ1n) is 7.39. The lowest BCUT2D eigenvalue weighted by atomic mass is 10.2. The van der Waals surface area contributed by atoms with Gasteiger partial charge in [-0.2, -0.15) is 0 Å². The Bertz CT molecular complexity index is 674. The van der Waals surface area contributed by atoms with Crippen LogP contribution in [0.15, 0.2) is 24.7 Å². The van der Waals surface area contributed by atoms with Gasteiger partial charge in [0.1, 0.15) is 0 Å². The first kappa shape index (κ1) is 17.5. The van der Waals surface area contributed by atoms with Crippen LogP contribution < -0.4 is 24.8 Å². The van der Waals surface area contributed by atoms with Gasteiger partial charge >= 0.3 is 6.03 Å². The molecule has 0 unspecified atom stereocenters. The molecule has 1 aromatic heterocycles. The highest BCUT2D eigenvalue weighted by Crippen LogP contribution is 2.39. The number of amides is 2. The van der Waals surface area contributed by atoms with E-state index in [2.05, 4.69) is 15.6 Å². The summed E-state index contributed by atoms with van der Waals surface area (Å²) in [5.41, 5.74) is 1.46. The maximum absolute atomic E-state index is 12.0. The molecule has 0 aliphatic carbocycles. The van der Waals surface area contributed by atoms with E-state index in [0.29, 0.717) is 35.9 Å². The second-order valence-electron chi connectivity index (χ2n) is 5.08. The molecule has 1 aromatic carbocycles. The zero-order valence-electron chi connectivity index (χ0n) is 14.3. The van der Waals surface area contributed by atoms with Crippen LogP contribution in [-0.4, -0.2) is 43.5 Å². The van der Waals surface area contributed by atoms with Gasteiger partial charge in [0.25, 0.3) is 0 Å². The first-order valence-corrected chi connectivity index (χ1v) is 7.39. The van der Waals surface area contributed by atoms with Crippen molar-refractivity contribution in [3.8, 4) is 17.2 Å². The Morgan fingerprint density at radius 1 is 1.17 bits per heavy atom. The third kappa shape index (κ3) is 4.31. The smallest absolute Gasteiger partial charge is 0.319 e. The maximum Gasteiger partial charge on any atom is 0.319 e. The van der Waals surface area contributed by atoms with E-state index in [1.807, 2.05) is 17.8 Å². The van der Waals surface area contributed by atoms with Gasteiger partial charge in [0.05, 0.1) is 39.0 Å². The summed E-state index contributed by atoms with van der Waals surface area (Å²) in [5.74, 6) is 1.42. The first-order chi connectivity index (χ1) is 11.6. The molecule has 2 aromatic rings. The quantitative estimate of drug-likeness (QED) is 0.806. The number of rotatable bonds is 7. The number of benzene rings is 1. The number of aromatic nitrogens is 2. The molecule has 1 heterocycles. The predicted molar refractivity (Wildman–Crippen MR) is 90.0 cm³/mol. The molecule has 8 nitrogen and oxygen atoms in total. The summed E-state index contributed by atoms with van der Waals surface area (Å²) in [5, 5.41) is 5.52. The van der Waals surface area contributed by atoms with Crippen LogP contribution in [-0.2, 0) is 13.5 Å². The lowest BCUT2D eigenvalue weighted by Gasteiger charge is -2.14. The van der Waals surface area contributed by atoms with Gasteiger partial charge in [0, 0.05) is 38.3 Å². The van der Waals surface area contributed by atoms with Gasteiger partial charge in [-0.15, -0.1) is 0 Å². The number of hydrogen-bond acceptors (Lipinski definition) is 5. The second kappa shape index (κ2) is 8.09. The van der Waals surface area contributed by atoms with Crippen molar-refractivity contribution in [3.05, 3.63) is 30.4 Å². The summed E-state index contributed by atoms with van der Waals surface area (Å²) >= 11 is 0. The van der Waals surface area contributed by atoms with Crippen molar-refractivity contribution in [1.29, 1.82) is 0 Å². The molecule has 0 saturated heterocycles. The van der Waals surface area contributed by atoms with Crippen LogP contribution in [0.3, 0.4) is 0 Å². The molecule has 0 spiro atoms. The Morgan fingerprint density at radius 3 is 2.33 bits per heavy atom. The van der Waals surface area contributed by atoms with Crippen LogP contribution in [0, 0.1) is 0 Å². The van der Waals surface area contributed by atoms with Gasteiger partial charge < -0.3 is 29.4 Å². The van der Waals surface area contributed by atoms with Crippen molar-refractivity contribution < 1.29 is 19.0 Å². The van der Waals surface area contributed by atoms with Crippen LogP contribution in [0.4, 0.5) is 10.5 Å². The molecular weight excluding hydrogens is 312 g/mol. The van der Waals surface area contributed by atoms with E-state index in [-0.39, 0.29) is 6.03 Å². The summed E-state index contributed by atoms with van der Waals surface area (Å²) in [4.78, 5) is 16.2. The van der Waals surface area contributed by atoms with Crippen LogP contribution in [0.5, 0.6) is 17.2 Å². The summed E-state index contributed by atoms with van der Waals surface area (Å²) in [6.45, 7) is 0.479. The van der Waals surface area contributed by atoms with Crippen molar-refractivity contribution in [3.63, 3.8) is 0 Å². The van der Waals surface area contributed by atoms with Crippen molar-refractivity contribution >= 4 is 11.7 Å². The van der Waals surface area contributed by atoms with E-state index in [0.717, 1.165) is 5.69 Å². The highest BCUT2D eigenvalue weighted by molar-refractivity contribution is 5.90.